The first-order valence-corrected chi connectivity index (χ1v) is 8.96. The molecule has 1 atom stereocenters. The highest BCUT2D eigenvalue weighted by Crippen LogP contribution is 2.21. The number of ether oxygens (including phenoxy) is 1. The second-order valence-corrected chi connectivity index (χ2v) is 6.79. The van der Waals surface area contributed by atoms with E-state index in [9.17, 15) is 9.18 Å². The first kappa shape index (κ1) is 17.4. The minimum Gasteiger partial charge on any atom is -0.493 e. The topological polar surface area (TPSA) is 72.6 Å². The zero-order valence-electron chi connectivity index (χ0n) is 15.0. The fourth-order valence-electron chi connectivity index (χ4n) is 3.32. The summed E-state index contributed by atoms with van der Waals surface area (Å²) in [6.07, 6.45) is 3.61. The van der Waals surface area contributed by atoms with Crippen molar-refractivity contribution < 1.29 is 13.9 Å². The number of fused-ring (bicyclic) bond motifs is 1. The lowest BCUT2D eigenvalue weighted by Crippen LogP contribution is -2.42. The lowest BCUT2D eigenvalue weighted by molar-refractivity contribution is 0.0620. The second kappa shape index (κ2) is 7.30. The molecule has 1 aliphatic heterocycles. The summed E-state index contributed by atoms with van der Waals surface area (Å²) < 4.78 is 20.6. The summed E-state index contributed by atoms with van der Waals surface area (Å²) in [6.45, 7) is 3.55. The molecule has 1 amide bonds. The maximum Gasteiger partial charge on any atom is 0.292 e. The number of rotatable bonds is 4. The number of hydrogen-bond acceptors (Lipinski definition) is 5. The van der Waals surface area contributed by atoms with Crippen LogP contribution in [0.3, 0.4) is 0 Å². The van der Waals surface area contributed by atoms with Crippen LogP contribution in [0.1, 0.15) is 29.2 Å². The molecule has 27 heavy (non-hydrogen) atoms. The average molecular weight is 369 g/mol. The van der Waals surface area contributed by atoms with Crippen molar-refractivity contribution in [2.75, 3.05) is 19.7 Å². The van der Waals surface area contributed by atoms with Crippen LogP contribution in [0.25, 0.3) is 5.78 Å². The number of hydrogen-bond donors (Lipinski definition) is 0. The number of aryl methyl sites for hydroxylation is 1. The van der Waals surface area contributed by atoms with Gasteiger partial charge in [0.2, 0.25) is 5.82 Å². The second-order valence-electron chi connectivity index (χ2n) is 6.79. The molecule has 1 aliphatic rings. The van der Waals surface area contributed by atoms with Gasteiger partial charge in [-0.25, -0.2) is 9.37 Å². The Morgan fingerprint density at radius 2 is 2.22 bits per heavy atom. The van der Waals surface area contributed by atoms with E-state index in [1.807, 2.05) is 13.0 Å². The maximum absolute atomic E-state index is 13.3. The van der Waals surface area contributed by atoms with Gasteiger partial charge in [0.15, 0.2) is 0 Å². The molecule has 0 N–H and O–H groups in total. The number of halogens is 1. The number of amides is 1. The van der Waals surface area contributed by atoms with E-state index in [1.54, 1.807) is 27.6 Å². The minimum atomic E-state index is -0.324. The molecule has 0 bridgehead atoms. The molecule has 1 saturated heterocycles. The number of piperidine rings is 1. The molecular formula is C19H20FN5O2. The zero-order chi connectivity index (χ0) is 18.8. The average Bonchev–Trinajstić information content (AvgIpc) is 3.09. The van der Waals surface area contributed by atoms with Gasteiger partial charge >= 0.3 is 0 Å². The number of likely N-dealkylation sites (tertiary alicyclic amines) is 1. The molecule has 0 spiro atoms. The van der Waals surface area contributed by atoms with Crippen LogP contribution < -0.4 is 4.74 Å². The minimum absolute atomic E-state index is 0.163. The number of carbonyl (C=O) groups excluding carboxylic acids is 1. The number of benzene rings is 1. The van der Waals surface area contributed by atoms with Crippen LogP contribution in [-0.4, -0.2) is 50.1 Å². The fourth-order valence-corrected chi connectivity index (χ4v) is 3.32. The van der Waals surface area contributed by atoms with Crippen molar-refractivity contribution in [3.8, 4) is 5.75 Å². The summed E-state index contributed by atoms with van der Waals surface area (Å²) in [5.74, 6) is 0.888. The standard InChI is InChI=1S/C19H20FN5O2/c1-13-7-9-25-17(22-23-19(25)21-13)18(26)24-8-3-4-14(11-24)12-27-16-6-2-5-15(20)10-16/h2,5-7,9-10,14H,3-4,8,11-12H2,1H3. The van der Waals surface area contributed by atoms with E-state index in [0.717, 1.165) is 18.5 Å². The Morgan fingerprint density at radius 1 is 1.33 bits per heavy atom. The third-order valence-electron chi connectivity index (χ3n) is 4.70. The molecule has 1 unspecified atom stereocenters. The summed E-state index contributed by atoms with van der Waals surface area (Å²) in [7, 11) is 0. The largest absolute Gasteiger partial charge is 0.493 e. The fraction of sp³-hybridized carbons (Fsp3) is 0.368. The Hall–Kier alpha value is -3.03. The summed E-state index contributed by atoms with van der Waals surface area (Å²) in [5, 5.41) is 8.02. The van der Waals surface area contributed by atoms with E-state index in [0.29, 0.717) is 31.2 Å². The van der Waals surface area contributed by atoms with Crippen LogP contribution in [0.4, 0.5) is 4.39 Å². The molecule has 0 radical (unpaired) electrons. The van der Waals surface area contributed by atoms with Crippen LogP contribution in [-0.2, 0) is 0 Å². The maximum atomic E-state index is 13.3. The summed E-state index contributed by atoms with van der Waals surface area (Å²) in [6, 6.07) is 7.91. The van der Waals surface area contributed by atoms with Gasteiger partial charge in [0.25, 0.3) is 11.7 Å². The van der Waals surface area contributed by atoms with Crippen molar-refractivity contribution in [3.05, 3.63) is 53.9 Å². The van der Waals surface area contributed by atoms with Gasteiger partial charge in [-0.2, -0.15) is 0 Å². The van der Waals surface area contributed by atoms with Crippen molar-refractivity contribution in [1.29, 1.82) is 0 Å². The molecule has 8 heteroatoms. The Kier molecular flexibility index (Phi) is 4.70. The normalized spacial score (nSPS) is 17.3. The molecule has 4 rings (SSSR count). The van der Waals surface area contributed by atoms with Gasteiger partial charge < -0.3 is 9.64 Å². The quantitative estimate of drug-likeness (QED) is 0.707. The highest BCUT2D eigenvalue weighted by molar-refractivity contribution is 5.91. The first-order valence-electron chi connectivity index (χ1n) is 8.96. The third kappa shape index (κ3) is 3.74. The van der Waals surface area contributed by atoms with E-state index < -0.39 is 0 Å². The summed E-state index contributed by atoms with van der Waals surface area (Å²) in [4.78, 5) is 19.0. The molecule has 7 nitrogen and oxygen atoms in total. The van der Waals surface area contributed by atoms with Crippen LogP contribution in [0.5, 0.6) is 5.75 Å². The predicted octanol–water partition coefficient (Wildman–Crippen LogP) is 2.50. The first-order chi connectivity index (χ1) is 13.1. The highest BCUT2D eigenvalue weighted by Gasteiger charge is 2.28. The molecule has 2 aromatic heterocycles. The van der Waals surface area contributed by atoms with Gasteiger partial charge in [0, 0.05) is 37.0 Å². The van der Waals surface area contributed by atoms with Crippen molar-refractivity contribution in [1.82, 2.24) is 24.5 Å². The van der Waals surface area contributed by atoms with E-state index in [1.165, 1.54) is 12.1 Å². The van der Waals surface area contributed by atoms with Crippen LogP contribution in [0, 0.1) is 18.7 Å². The SMILES string of the molecule is Cc1ccn2c(C(=O)N3CCCC(COc4cccc(F)c4)C3)nnc2n1. The van der Waals surface area contributed by atoms with E-state index in [4.69, 9.17) is 4.74 Å². The van der Waals surface area contributed by atoms with Gasteiger partial charge in [0.1, 0.15) is 11.6 Å². The van der Waals surface area contributed by atoms with Gasteiger partial charge in [-0.05, 0) is 38.0 Å². The molecule has 3 heterocycles. The van der Waals surface area contributed by atoms with E-state index in [2.05, 4.69) is 15.2 Å². The molecule has 140 valence electrons. The Morgan fingerprint density at radius 3 is 3.07 bits per heavy atom. The van der Waals surface area contributed by atoms with Gasteiger partial charge in [-0.1, -0.05) is 6.07 Å². The molecule has 3 aromatic rings. The van der Waals surface area contributed by atoms with E-state index in [-0.39, 0.29) is 23.5 Å². The van der Waals surface area contributed by atoms with Gasteiger partial charge in [-0.3, -0.25) is 9.20 Å². The number of nitrogens with zero attached hydrogens (tertiary/aromatic N) is 5. The predicted molar refractivity (Wildman–Crippen MR) is 96.0 cm³/mol. The van der Waals surface area contributed by atoms with Gasteiger partial charge in [-0.15, -0.1) is 10.2 Å². The van der Waals surface area contributed by atoms with Crippen LogP contribution >= 0.6 is 0 Å². The number of carbonyl (C=O) groups is 1. The van der Waals surface area contributed by atoms with Crippen molar-refractivity contribution in [2.24, 2.45) is 5.92 Å². The third-order valence-corrected chi connectivity index (χ3v) is 4.70. The van der Waals surface area contributed by atoms with Crippen LogP contribution in [0.15, 0.2) is 36.5 Å². The molecule has 1 aromatic carbocycles. The van der Waals surface area contributed by atoms with Crippen molar-refractivity contribution in [3.63, 3.8) is 0 Å². The lowest BCUT2D eigenvalue weighted by Gasteiger charge is -2.32. The smallest absolute Gasteiger partial charge is 0.292 e. The number of aromatic nitrogens is 4. The zero-order valence-corrected chi connectivity index (χ0v) is 15.0. The van der Waals surface area contributed by atoms with Crippen molar-refractivity contribution in [2.45, 2.75) is 19.8 Å². The highest BCUT2D eigenvalue weighted by atomic mass is 19.1. The van der Waals surface area contributed by atoms with Gasteiger partial charge in [0.05, 0.1) is 6.61 Å². The molecule has 1 fully saturated rings. The summed E-state index contributed by atoms with van der Waals surface area (Å²) in [5.41, 5.74) is 0.821. The Labute approximate surface area is 155 Å². The summed E-state index contributed by atoms with van der Waals surface area (Å²) >= 11 is 0. The molecular weight excluding hydrogens is 349 g/mol. The van der Waals surface area contributed by atoms with Crippen LogP contribution in [0.2, 0.25) is 0 Å². The molecule has 0 saturated carbocycles. The van der Waals surface area contributed by atoms with E-state index >= 15 is 0 Å². The van der Waals surface area contributed by atoms with Crippen molar-refractivity contribution >= 4 is 11.7 Å². The monoisotopic (exact) mass is 369 g/mol. The lowest BCUT2D eigenvalue weighted by atomic mass is 9.99. The Balaban J connectivity index is 1.43. The Bertz CT molecular complexity index is 974. The molecule has 0 aliphatic carbocycles.